The highest BCUT2D eigenvalue weighted by molar-refractivity contribution is 5.80. The van der Waals surface area contributed by atoms with Crippen LogP contribution in [-0.2, 0) is 23.8 Å². The number of unbranched alkanes of at least 4 members (excludes halogenated alkanes) is 27. The van der Waals surface area contributed by atoms with Gasteiger partial charge in [0.15, 0.2) is 12.4 Å². The molecule has 0 aromatic heterocycles. The van der Waals surface area contributed by atoms with Gasteiger partial charge in [0.05, 0.1) is 25.4 Å². The van der Waals surface area contributed by atoms with Crippen LogP contribution in [0.3, 0.4) is 0 Å². The number of hydrogen-bond acceptors (Lipinski definition) is 10. The summed E-state index contributed by atoms with van der Waals surface area (Å²) in [6.07, 6.45) is 87.3. The van der Waals surface area contributed by atoms with E-state index in [-0.39, 0.29) is 19.4 Å². The molecule has 0 spiro atoms. The highest BCUT2D eigenvalue weighted by Crippen LogP contribution is 2.26. The Balaban J connectivity index is 2.58. The molecule has 1 heterocycles. The Kier molecular flexibility index (Phi) is 62.8. The number of ether oxygens (including phenoxy) is 3. The minimum atomic E-state index is -1.63. The predicted octanol–water partition coefficient (Wildman–Crippen LogP) is 20.1. The SMILES string of the molecule is CC/C=C\C/C=C\C/C=C\C/C=C\C/C=C\C/C=C\CCCCCCCCC(=O)OC1C(OCC(NC(=O)C(O)CCCCCCCCCCCC/C=C\C/C=C\C/C=C\C/C=C\C/C=C\CC)C(O)/C=C/CCCCCCCCCCCCC)OC(CO)C(O)C1O. The number of hydrogen-bond donors (Lipinski definition) is 6. The Hall–Kier alpha value is -4.46. The van der Waals surface area contributed by atoms with Crippen molar-refractivity contribution >= 4 is 11.9 Å². The Morgan fingerprint density at radius 1 is 0.430 bits per heavy atom. The first-order valence-electron chi connectivity index (χ1n) is 37.6. The number of esters is 1. The highest BCUT2D eigenvalue weighted by Gasteiger charge is 2.47. The number of allylic oxidation sites excluding steroid dienone is 23. The summed E-state index contributed by atoms with van der Waals surface area (Å²) in [5.41, 5.74) is 0. The van der Waals surface area contributed by atoms with Gasteiger partial charge in [0, 0.05) is 6.42 Å². The zero-order valence-corrected chi connectivity index (χ0v) is 59.1. The lowest BCUT2D eigenvalue weighted by Gasteiger charge is -2.41. The van der Waals surface area contributed by atoms with Gasteiger partial charge in [-0.15, -0.1) is 0 Å². The molecule has 8 atom stereocenters. The second-order valence-electron chi connectivity index (χ2n) is 25.3. The van der Waals surface area contributed by atoms with E-state index in [1.54, 1.807) is 6.08 Å². The van der Waals surface area contributed by atoms with Gasteiger partial charge < -0.3 is 45.1 Å². The molecule has 11 nitrogen and oxygen atoms in total. The third kappa shape index (κ3) is 54.4. The lowest BCUT2D eigenvalue weighted by Crippen LogP contribution is -2.61. The van der Waals surface area contributed by atoms with Crippen molar-refractivity contribution in [2.75, 3.05) is 13.2 Å². The van der Waals surface area contributed by atoms with Crippen molar-refractivity contribution < 1.29 is 49.3 Å². The number of rotatable bonds is 63. The van der Waals surface area contributed by atoms with E-state index in [2.05, 4.69) is 160 Å². The van der Waals surface area contributed by atoms with Gasteiger partial charge in [-0.1, -0.05) is 314 Å². The molecule has 0 radical (unpaired) electrons. The van der Waals surface area contributed by atoms with Crippen LogP contribution in [0.25, 0.3) is 0 Å². The summed E-state index contributed by atoms with van der Waals surface area (Å²) in [7, 11) is 0. The average Bonchev–Trinajstić information content (AvgIpc) is 0.843. The molecule has 11 heteroatoms. The summed E-state index contributed by atoms with van der Waals surface area (Å²) in [4.78, 5) is 26.8. The van der Waals surface area contributed by atoms with Crippen LogP contribution in [0.1, 0.15) is 297 Å². The first-order chi connectivity index (χ1) is 45.7. The van der Waals surface area contributed by atoms with Gasteiger partial charge in [-0.3, -0.25) is 9.59 Å². The lowest BCUT2D eigenvalue weighted by atomic mass is 9.99. The van der Waals surface area contributed by atoms with E-state index in [4.69, 9.17) is 14.2 Å². The molecule has 6 N–H and O–H groups in total. The molecule has 1 rings (SSSR count). The highest BCUT2D eigenvalue weighted by atomic mass is 16.7. The number of carbonyl (C=O) groups excluding carboxylic acids is 2. The Morgan fingerprint density at radius 3 is 1.16 bits per heavy atom. The van der Waals surface area contributed by atoms with Crippen molar-refractivity contribution in [2.24, 2.45) is 0 Å². The molecule has 0 saturated carbocycles. The summed E-state index contributed by atoms with van der Waals surface area (Å²) in [6, 6.07) is -1.04. The number of nitrogens with one attached hydrogen (secondary N) is 1. The molecule has 0 bridgehead atoms. The smallest absolute Gasteiger partial charge is 0.306 e. The quantitative estimate of drug-likeness (QED) is 0.0195. The van der Waals surface area contributed by atoms with Gasteiger partial charge in [0.25, 0.3) is 0 Å². The standard InChI is InChI=1S/C82H137NO10/c1-4-7-10-13-16-19-22-25-27-29-31-33-35-37-39-40-42-44-46-48-51-54-57-60-63-66-69-75(86)81(90)83-73(74(85)68-65-62-59-56-53-50-24-21-18-15-12-9-6-3)72-91-82-80(79(89)78(88)76(71-84)92-82)93-77(87)70-67-64-61-58-55-52-49-47-45-43-41-38-36-34-32-30-28-26-23-20-17-14-11-8-5-2/h7-8,10-11,16-17,19-20,25-28,31-34,37-39,41,45,47,65,68,73-76,78-80,82,84-86,88-89H,4-6,9,12-15,18,21-24,29-30,35-36,40,42-44,46,48-64,66-67,69-72H2,1-3H3,(H,83,90)/b10-7-,11-8-,19-16-,20-17-,27-25-,28-26-,33-31-,34-32-,39-37-,41-38-,47-45-,68-65+. The number of amides is 1. The summed E-state index contributed by atoms with van der Waals surface area (Å²) in [5, 5.41) is 57.4. The number of aliphatic hydroxyl groups excluding tert-OH is 5. The topological polar surface area (TPSA) is 175 Å². The third-order valence-electron chi connectivity index (χ3n) is 16.7. The normalized spacial score (nSPS) is 18.7. The van der Waals surface area contributed by atoms with Crippen LogP contribution in [0.4, 0.5) is 0 Å². The minimum absolute atomic E-state index is 0.0983. The van der Waals surface area contributed by atoms with Crippen molar-refractivity contribution in [3.8, 4) is 0 Å². The van der Waals surface area contributed by atoms with E-state index in [1.165, 1.54) is 96.3 Å². The first kappa shape index (κ1) is 86.6. The van der Waals surface area contributed by atoms with Gasteiger partial charge in [-0.25, -0.2) is 0 Å². The van der Waals surface area contributed by atoms with Gasteiger partial charge in [0.2, 0.25) is 5.91 Å². The second kappa shape index (κ2) is 67.5. The van der Waals surface area contributed by atoms with E-state index in [0.717, 1.165) is 154 Å². The zero-order valence-electron chi connectivity index (χ0n) is 59.1. The molecular weight excluding hydrogens is 1160 g/mol. The Labute approximate surface area is 568 Å². The Morgan fingerprint density at radius 2 is 0.774 bits per heavy atom. The maximum Gasteiger partial charge on any atom is 0.306 e. The van der Waals surface area contributed by atoms with Gasteiger partial charge in [-0.05, 0) is 122 Å². The van der Waals surface area contributed by atoms with E-state index in [1.807, 2.05) is 6.08 Å². The molecule has 1 aliphatic heterocycles. The van der Waals surface area contributed by atoms with Crippen molar-refractivity contribution in [1.29, 1.82) is 0 Å². The predicted molar refractivity (Wildman–Crippen MR) is 393 cm³/mol. The minimum Gasteiger partial charge on any atom is -0.454 e. The summed E-state index contributed by atoms with van der Waals surface area (Å²) >= 11 is 0. The van der Waals surface area contributed by atoms with Crippen molar-refractivity contribution in [3.63, 3.8) is 0 Å². The van der Waals surface area contributed by atoms with Crippen molar-refractivity contribution in [1.82, 2.24) is 5.32 Å². The van der Waals surface area contributed by atoms with Crippen LogP contribution < -0.4 is 5.32 Å². The zero-order chi connectivity index (χ0) is 67.4. The van der Waals surface area contributed by atoms with Crippen molar-refractivity contribution in [2.45, 2.75) is 346 Å². The van der Waals surface area contributed by atoms with Crippen LogP contribution in [0.5, 0.6) is 0 Å². The lowest BCUT2D eigenvalue weighted by molar-refractivity contribution is -0.305. The summed E-state index contributed by atoms with van der Waals surface area (Å²) in [5.74, 6) is -1.22. The molecular formula is C82H137NO10. The molecule has 530 valence electrons. The second-order valence-corrected chi connectivity index (χ2v) is 25.3. The van der Waals surface area contributed by atoms with E-state index in [0.29, 0.717) is 12.8 Å². The number of aliphatic hydroxyl groups is 5. The van der Waals surface area contributed by atoms with E-state index in [9.17, 15) is 35.1 Å². The number of carbonyl (C=O) groups is 2. The molecule has 1 amide bonds. The fraction of sp³-hybridized carbons (Fsp3) is 0.683. The van der Waals surface area contributed by atoms with Gasteiger partial charge >= 0.3 is 5.97 Å². The van der Waals surface area contributed by atoms with Gasteiger partial charge in [-0.2, -0.15) is 0 Å². The van der Waals surface area contributed by atoms with Crippen LogP contribution in [0, 0.1) is 0 Å². The average molecular weight is 1300 g/mol. The van der Waals surface area contributed by atoms with Crippen LogP contribution in [0.2, 0.25) is 0 Å². The first-order valence-corrected chi connectivity index (χ1v) is 37.6. The fourth-order valence-electron chi connectivity index (χ4n) is 10.9. The molecule has 1 fully saturated rings. The summed E-state index contributed by atoms with van der Waals surface area (Å²) < 4.78 is 17.7. The van der Waals surface area contributed by atoms with Crippen LogP contribution >= 0.6 is 0 Å². The summed E-state index contributed by atoms with van der Waals surface area (Å²) in [6.45, 7) is 5.58. The third-order valence-corrected chi connectivity index (χ3v) is 16.7. The van der Waals surface area contributed by atoms with Crippen LogP contribution in [0.15, 0.2) is 146 Å². The molecule has 8 unspecified atom stereocenters. The van der Waals surface area contributed by atoms with Crippen LogP contribution in [-0.4, -0.2) is 99.6 Å². The fourth-order valence-corrected chi connectivity index (χ4v) is 10.9. The van der Waals surface area contributed by atoms with Gasteiger partial charge in [0.1, 0.15) is 24.4 Å². The monoisotopic (exact) mass is 1300 g/mol. The molecule has 93 heavy (non-hydrogen) atoms. The van der Waals surface area contributed by atoms with Crippen molar-refractivity contribution in [3.05, 3.63) is 146 Å². The molecule has 1 saturated heterocycles. The Bertz CT molecular complexity index is 2080. The maximum absolute atomic E-state index is 13.5. The van der Waals surface area contributed by atoms with E-state index < -0.39 is 67.4 Å². The largest absolute Gasteiger partial charge is 0.454 e. The molecule has 1 aliphatic rings. The molecule has 0 aromatic carbocycles. The molecule has 0 aromatic rings. The maximum atomic E-state index is 13.5. The van der Waals surface area contributed by atoms with E-state index >= 15 is 0 Å². The molecule has 0 aliphatic carbocycles.